The molecule has 1 fully saturated rings. The molecule has 0 aliphatic carbocycles. The summed E-state index contributed by atoms with van der Waals surface area (Å²) >= 11 is 0. The van der Waals surface area contributed by atoms with Crippen molar-refractivity contribution in [3.05, 3.63) is 23.8 Å². The van der Waals surface area contributed by atoms with Crippen molar-refractivity contribution in [2.45, 2.75) is 30.7 Å². The third-order valence-corrected chi connectivity index (χ3v) is 4.81. The van der Waals surface area contributed by atoms with Gasteiger partial charge in [-0.3, -0.25) is 0 Å². The molecule has 0 unspecified atom stereocenters. The van der Waals surface area contributed by atoms with Crippen molar-refractivity contribution < 1.29 is 13.2 Å². The number of ether oxygens (including phenoxy) is 1. The number of aryl methyl sites for hydroxylation is 1. The molecule has 5 nitrogen and oxygen atoms in total. The van der Waals surface area contributed by atoms with Crippen molar-refractivity contribution in [1.82, 2.24) is 10.0 Å². The van der Waals surface area contributed by atoms with Crippen LogP contribution in [0.3, 0.4) is 0 Å². The monoisotopic (exact) mass is 284 g/mol. The number of hydrogen-bond acceptors (Lipinski definition) is 4. The van der Waals surface area contributed by atoms with Gasteiger partial charge in [0, 0.05) is 12.6 Å². The summed E-state index contributed by atoms with van der Waals surface area (Å²) in [6, 6.07) is 4.87. The van der Waals surface area contributed by atoms with E-state index in [1.807, 2.05) is 6.92 Å². The first-order valence-electron chi connectivity index (χ1n) is 6.40. The zero-order valence-corrected chi connectivity index (χ0v) is 12.1. The van der Waals surface area contributed by atoms with Crippen LogP contribution in [0.1, 0.15) is 18.4 Å². The average Bonchev–Trinajstić information content (AvgIpc) is 2.39. The van der Waals surface area contributed by atoms with E-state index in [1.165, 1.54) is 0 Å². The van der Waals surface area contributed by atoms with E-state index >= 15 is 0 Å². The highest BCUT2D eigenvalue weighted by molar-refractivity contribution is 7.89. The zero-order chi connectivity index (χ0) is 13.9. The van der Waals surface area contributed by atoms with Gasteiger partial charge in [-0.05, 0) is 50.1 Å². The molecule has 0 amide bonds. The smallest absolute Gasteiger partial charge is 0.240 e. The summed E-state index contributed by atoms with van der Waals surface area (Å²) < 4.78 is 32.4. The maximum atomic E-state index is 12.3. The SMILES string of the molecule is COc1ccc(S(=O)(=O)N[C@H]2CCCNC2)cc1C. The summed E-state index contributed by atoms with van der Waals surface area (Å²) in [5.41, 5.74) is 0.812. The van der Waals surface area contributed by atoms with Crippen molar-refractivity contribution in [3.8, 4) is 5.75 Å². The summed E-state index contributed by atoms with van der Waals surface area (Å²) in [4.78, 5) is 0.288. The molecule has 2 N–H and O–H groups in total. The van der Waals surface area contributed by atoms with E-state index in [2.05, 4.69) is 10.0 Å². The molecule has 1 atom stereocenters. The maximum absolute atomic E-state index is 12.3. The molecule has 1 aromatic rings. The topological polar surface area (TPSA) is 67.4 Å². The van der Waals surface area contributed by atoms with Crippen LogP contribution in [0.5, 0.6) is 5.75 Å². The summed E-state index contributed by atoms with van der Waals surface area (Å²) in [6.07, 6.45) is 1.87. The Bertz CT molecular complexity index is 537. The maximum Gasteiger partial charge on any atom is 0.240 e. The fourth-order valence-corrected chi connectivity index (χ4v) is 3.61. The molecule has 0 bridgehead atoms. The van der Waals surface area contributed by atoms with Gasteiger partial charge in [0.15, 0.2) is 0 Å². The summed E-state index contributed by atoms with van der Waals surface area (Å²) in [6.45, 7) is 3.48. The highest BCUT2D eigenvalue weighted by Crippen LogP contribution is 2.21. The van der Waals surface area contributed by atoms with Crippen molar-refractivity contribution in [3.63, 3.8) is 0 Å². The molecule has 1 aliphatic rings. The van der Waals surface area contributed by atoms with Gasteiger partial charge in [-0.25, -0.2) is 13.1 Å². The highest BCUT2D eigenvalue weighted by Gasteiger charge is 2.22. The van der Waals surface area contributed by atoms with Crippen LogP contribution in [0.15, 0.2) is 23.1 Å². The largest absolute Gasteiger partial charge is 0.496 e. The predicted molar refractivity (Wildman–Crippen MR) is 73.9 cm³/mol. The van der Waals surface area contributed by atoms with Crippen molar-refractivity contribution in [2.75, 3.05) is 20.2 Å². The number of rotatable bonds is 4. The number of benzene rings is 1. The van der Waals surface area contributed by atoms with Gasteiger partial charge >= 0.3 is 0 Å². The normalized spacial score (nSPS) is 20.2. The van der Waals surface area contributed by atoms with Gasteiger partial charge < -0.3 is 10.1 Å². The van der Waals surface area contributed by atoms with Crippen LogP contribution in [-0.4, -0.2) is 34.7 Å². The second-order valence-electron chi connectivity index (χ2n) is 4.80. The van der Waals surface area contributed by atoms with Gasteiger partial charge in [0.1, 0.15) is 5.75 Å². The highest BCUT2D eigenvalue weighted by atomic mass is 32.2. The van der Waals surface area contributed by atoms with Gasteiger partial charge in [0.05, 0.1) is 12.0 Å². The zero-order valence-electron chi connectivity index (χ0n) is 11.3. The molecule has 106 valence electrons. The second kappa shape index (κ2) is 5.90. The lowest BCUT2D eigenvalue weighted by Gasteiger charge is -2.23. The Kier molecular flexibility index (Phi) is 4.44. The van der Waals surface area contributed by atoms with Crippen LogP contribution in [0.4, 0.5) is 0 Å². The first kappa shape index (κ1) is 14.3. The molecule has 0 aromatic heterocycles. The summed E-state index contributed by atoms with van der Waals surface area (Å²) in [7, 11) is -1.88. The molecule has 2 rings (SSSR count). The molecular weight excluding hydrogens is 264 g/mol. The van der Waals surface area contributed by atoms with Gasteiger partial charge in [0.2, 0.25) is 10.0 Å². The van der Waals surface area contributed by atoms with Gasteiger partial charge in [-0.2, -0.15) is 0 Å². The van der Waals surface area contributed by atoms with Crippen molar-refractivity contribution in [2.24, 2.45) is 0 Å². The van der Waals surface area contributed by atoms with E-state index < -0.39 is 10.0 Å². The summed E-state index contributed by atoms with van der Waals surface area (Å²) in [5, 5.41) is 3.19. The number of nitrogens with one attached hydrogen (secondary N) is 2. The van der Waals surface area contributed by atoms with E-state index in [0.29, 0.717) is 12.3 Å². The van der Waals surface area contributed by atoms with Crippen molar-refractivity contribution in [1.29, 1.82) is 0 Å². The molecule has 19 heavy (non-hydrogen) atoms. The number of hydrogen-bond donors (Lipinski definition) is 2. The Morgan fingerprint density at radius 1 is 1.42 bits per heavy atom. The number of piperidine rings is 1. The van der Waals surface area contributed by atoms with Crippen molar-refractivity contribution >= 4 is 10.0 Å². The average molecular weight is 284 g/mol. The standard InChI is InChI=1S/C13H20N2O3S/c1-10-8-12(5-6-13(10)18-2)19(16,17)15-11-4-3-7-14-9-11/h5-6,8,11,14-15H,3-4,7,9H2,1-2H3/t11-/m0/s1. The van der Waals surface area contributed by atoms with E-state index in [9.17, 15) is 8.42 Å². The van der Waals surface area contributed by atoms with Crippen LogP contribution < -0.4 is 14.8 Å². The van der Waals surface area contributed by atoms with E-state index in [4.69, 9.17) is 4.74 Å². The fourth-order valence-electron chi connectivity index (χ4n) is 2.26. The van der Waals surface area contributed by atoms with E-state index in [0.717, 1.165) is 24.9 Å². The van der Waals surface area contributed by atoms with E-state index in [1.54, 1.807) is 25.3 Å². The van der Waals surface area contributed by atoms with Crippen LogP contribution in [0.2, 0.25) is 0 Å². The minimum atomic E-state index is -3.45. The molecule has 1 saturated heterocycles. The molecule has 6 heteroatoms. The van der Waals surface area contributed by atoms with Crippen LogP contribution in [-0.2, 0) is 10.0 Å². The molecule has 1 heterocycles. The third kappa shape index (κ3) is 3.46. The van der Waals surface area contributed by atoms with Gasteiger partial charge in [0.25, 0.3) is 0 Å². The van der Waals surface area contributed by atoms with Gasteiger partial charge in [-0.1, -0.05) is 0 Å². The summed E-state index contributed by atoms with van der Waals surface area (Å²) in [5.74, 6) is 0.693. The first-order valence-corrected chi connectivity index (χ1v) is 7.89. The Labute approximate surface area is 114 Å². The molecule has 1 aliphatic heterocycles. The molecule has 0 radical (unpaired) electrons. The Hall–Kier alpha value is -1.11. The molecule has 0 saturated carbocycles. The van der Waals surface area contributed by atoms with Gasteiger partial charge in [-0.15, -0.1) is 0 Å². The first-order chi connectivity index (χ1) is 9.03. The van der Waals surface area contributed by atoms with Crippen LogP contribution >= 0.6 is 0 Å². The lowest BCUT2D eigenvalue weighted by Crippen LogP contribution is -2.45. The number of methoxy groups -OCH3 is 1. The Morgan fingerprint density at radius 2 is 2.21 bits per heavy atom. The lowest BCUT2D eigenvalue weighted by atomic mass is 10.1. The van der Waals surface area contributed by atoms with E-state index in [-0.39, 0.29) is 10.9 Å². The predicted octanol–water partition coefficient (Wildman–Crippen LogP) is 1.03. The quantitative estimate of drug-likeness (QED) is 0.867. The minimum Gasteiger partial charge on any atom is -0.496 e. The lowest BCUT2D eigenvalue weighted by molar-refractivity contribution is 0.411. The third-order valence-electron chi connectivity index (χ3n) is 3.30. The molecular formula is C13H20N2O3S. The Morgan fingerprint density at radius 3 is 2.79 bits per heavy atom. The van der Waals surface area contributed by atoms with Crippen LogP contribution in [0, 0.1) is 6.92 Å². The minimum absolute atomic E-state index is 0.0267. The number of sulfonamides is 1. The molecule has 1 aromatic carbocycles. The van der Waals surface area contributed by atoms with Crippen LogP contribution in [0.25, 0.3) is 0 Å². The Balaban J connectivity index is 2.16. The fraction of sp³-hybridized carbons (Fsp3) is 0.538. The second-order valence-corrected chi connectivity index (χ2v) is 6.51. The molecule has 0 spiro atoms.